The zero-order valence-corrected chi connectivity index (χ0v) is 14.6. The van der Waals surface area contributed by atoms with Crippen LogP contribution >= 0.6 is 0 Å². The number of aromatic amines is 1. The van der Waals surface area contributed by atoms with E-state index in [2.05, 4.69) is 29.1 Å². The van der Waals surface area contributed by atoms with Crippen LogP contribution in [0.5, 0.6) is 5.75 Å². The molecule has 5 heteroatoms. The highest BCUT2D eigenvalue weighted by Gasteiger charge is 2.06. The van der Waals surface area contributed by atoms with Gasteiger partial charge in [-0.2, -0.15) is 0 Å². The Balaban J connectivity index is 1.42. The molecule has 0 aliphatic heterocycles. The van der Waals surface area contributed by atoms with Gasteiger partial charge in [0.1, 0.15) is 11.6 Å². The van der Waals surface area contributed by atoms with Crippen molar-refractivity contribution in [3.8, 4) is 5.75 Å². The minimum atomic E-state index is -0.135. The highest BCUT2D eigenvalue weighted by molar-refractivity contribution is 5.77. The number of imidazole rings is 1. The molecule has 0 saturated heterocycles. The summed E-state index contributed by atoms with van der Waals surface area (Å²) in [6, 6.07) is 15.7. The van der Waals surface area contributed by atoms with E-state index in [1.807, 2.05) is 48.5 Å². The number of fused-ring (bicyclic) bond motifs is 1. The van der Waals surface area contributed by atoms with Crippen molar-refractivity contribution in [1.82, 2.24) is 15.3 Å². The van der Waals surface area contributed by atoms with Crippen molar-refractivity contribution in [3.05, 3.63) is 59.9 Å². The summed E-state index contributed by atoms with van der Waals surface area (Å²) in [6.07, 6.45) is 0.656. The van der Waals surface area contributed by atoms with Crippen LogP contribution in [0.25, 0.3) is 11.0 Å². The summed E-state index contributed by atoms with van der Waals surface area (Å²) >= 11 is 0. The summed E-state index contributed by atoms with van der Waals surface area (Å²) < 4.78 is 5.52. The Kier molecular flexibility index (Phi) is 5.33. The van der Waals surface area contributed by atoms with Gasteiger partial charge in [-0.3, -0.25) is 4.79 Å². The first kappa shape index (κ1) is 17.0. The lowest BCUT2D eigenvalue weighted by molar-refractivity contribution is -0.123. The van der Waals surface area contributed by atoms with Crippen LogP contribution in [0.1, 0.15) is 31.2 Å². The number of H-pyrrole nitrogens is 1. The lowest BCUT2D eigenvalue weighted by Gasteiger charge is -2.09. The number of ether oxygens (including phenoxy) is 1. The van der Waals surface area contributed by atoms with E-state index in [4.69, 9.17) is 4.74 Å². The number of benzene rings is 2. The van der Waals surface area contributed by atoms with Gasteiger partial charge < -0.3 is 15.0 Å². The lowest BCUT2D eigenvalue weighted by Crippen LogP contribution is -2.30. The molecule has 130 valence electrons. The van der Waals surface area contributed by atoms with E-state index in [0.717, 1.165) is 16.9 Å². The second-order valence-corrected chi connectivity index (χ2v) is 6.31. The SMILES string of the molecule is CC(C)c1ccc(OCC(=O)NCCc2nc3ccccc3[nH]2)cc1. The van der Waals surface area contributed by atoms with Gasteiger partial charge >= 0.3 is 0 Å². The van der Waals surface area contributed by atoms with Crippen molar-refractivity contribution in [2.75, 3.05) is 13.2 Å². The van der Waals surface area contributed by atoms with E-state index < -0.39 is 0 Å². The molecule has 5 nitrogen and oxygen atoms in total. The van der Waals surface area contributed by atoms with Crippen molar-refractivity contribution in [1.29, 1.82) is 0 Å². The molecule has 0 radical (unpaired) electrons. The molecule has 0 atom stereocenters. The maximum atomic E-state index is 11.9. The normalized spacial score (nSPS) is 11.0. The minimum Gasteiger partial charge on any atom is -0.484 e. The Morgan fingerprint density at radius 1 is 1.16 bits per heavy atom. The molecule has 0 spiro atoms. The van der Waals surface area contributed by atoms with Crippen molar-refractivity contribution >= 4 is 16.9 Å². The molecule has 1 amide bonds. The van der Waals surface area contributed by atoms with Crippen LogP contribution in [0.3, 0.4) is 0 Å². The van der Waals surface area contributed by atoms with Gasteiger partial charge in [0.2, 0.25) is 0 Å². The topological polar surface area (TPSA) is 67.0 Å². The van der Waals surface area contributed by atoms with Gasteiger partial charge in [-0.15, -0.1) is 0 Å². The molecule has 0 aliphatic rings. The van der Waals surface area contributed by atoms with E-state index in [-0.39, 0.29) is 12.5 Å². The standard InChI is InChI=1S/C20H23N3O2/c1-14(2)15-7-9-16(10-8-15)25-13-20(24)21-12-11-19-22-17-5-3-4-6-18(17)23-19/h3-10,14H,11-13H2,1-2H3,(H,21,24)(H,22,23). The largest absolute Gasteiger partial charge is 0.484 e. The number of rotatable bonds is 7. The summed E-state index contributed by atoms with van der Waals surface area (Å²) in [7, 11) is 0. The molecule has 2 N–H and O–H groups in total. The van der Waals surface area contributed by atoms with E-state index in [9.17, 15) is 4.79 Å². The number of nitrogens with one attached hydrogen (secondary N) is 2. The van der Waals surface area contributed by atoms with E-state index in [1.54, 1.807) is 0 Å². The van der Waals surface area contributed by atoms with Gasteiger partial charge in [-0.05, 0) is 35.7 Å². The minimum absolute atomic E-state index is 0.0150. The van der Waals surface area contributed by atoms with Crippen LogP contribution in [0, 0.1) is 0 Å². The highest BCUT2D eigenvalue weighted by Crippen LogP contribution is 2.18. The van der Waals surface area contributed by atoms with Gasteiger partial charge in [0.25, 0.3) is 5.91 Å². The maximum Gasteiger partial charge on any atom is 0.257 e. The van der Waals surface area contributed by atoms with Crippen molar-refractivity contribution in [3.63, 3.8) is 0 Å². The number of nitrogens with zero attached hydrogens (tertiary/aromatic N) is 1. The number of aromatic nitrogens is 2. The molecular formula is C20H23N3O2. The number of amides is 1. The maximum absolute atomic E-state index is 11.9. The Bertz CT molecular complexity index is 805. The predicted octanol–water partition coefficient (Wildman–Crippen LogP) is 3.42. The number of carbonyl (C=O) groups is 1. The Morgan fingerprint density at radius 2 is 1.92 bits per heavy atom. The van der Waals surface area contributed by atoms with E-state index in [0.29, 0.717) is 24.6 Å². The molecule has 3 aromatic rings. The Hall–Kier alpha value is -2.82. The van der Waals surface area contributed by atoms with E-state index in [1.165, 1.54) is 5.56 Å². The molecule has 0 bridgehead atoms. The summed E-state index contributed by atoms with van der Waals surface area (Å²) in [5.41, 5.74) is 3.21. The second-order valence-electron chi connectivity index (χ2n) is 6.31. The quantitative estimate of drug-likeness (QED) is 0.694. The van der Waals surface area contributed by atoms with Crippen molar-refractivity contribution in [2.24, 2.45) is 0 Å². The first-order valence-corrected chi connectivity index (χ1v) is 8.55. The number of carbonyl (C=O) groups excluding carboxylic acids is 1. The smallest absolute Gasteiger partial charge is 0.257 e. The molecule has 0 unspecified atom stereocenters. The summed E-state index contributed by atoms with van der Waals surface area (Å²) in [5.74, 6) is 1.92. The molecular weight excluding hydrogens is 314 g/mol. The third-order valence-corrected chi connectivity index (χ3v) is 4.04. The van der Waals surface area contributed by atoms with E-state index >= 15 is 0 Å². The number of hydrogen-bond acceptors (Lipinski definition) is 3. The van der Waals surface area contributed by atoms with Crippen molar-refractivity contribution in [2.45, 2.75) is 26.2 Å². The summed E-state index contributed by atoms with van der Waals surface area (Å²) in [4.78, 5) is 19.6. The van der Waals surface area contributed by atoms with Gasteiger partial charge in [0, 0.05) is 13.0 Å². The zero-order valence-electron chi connectivity index (χ0n) is 14.6. The van der Waals surface area contributed by atoms with Gasteiger partial charge in [0.05, 0.1) is 11.0 Å². The molecule has 2 aromatic carbocycles. The van der Waals surface area contributed by atoms with Gasteiger partial charge in [-0.1, -0.05) is 38.1 Å². The molecule has 1 heterocycles. The lowest BCUT2D eigenvalue weighted by atomic mass is 10.0. The molecule has 0 fully saturated rings. The summed E-state index contributed by atoms with van der Waals surface area (Å²) in [6.45, 7) is 4.83. The van der Waals surface area contributed by atoms with Crippen LogP contribution in [-0.2, 0) is 11.2 Å². The van der Waals surface area contributed by atoms with Gasteiger partial charge in [0.15, 0.2) is 6.61 Å². The fraction of sp³-hybridized carbons (Fsp3) is 0.300. The Morgan fingerprint density at radius 3 is 2.64 bits per heavy atom. The average molecular weight is 337 g/mol. The van der Waals surface area contributed by atoms with Crippen molar-refractivity contribution < 1.29 is 9.53 Å². The first-order chi connectivity index (χ1) is 12.1. The van der Waals surface area contributed by atoms with Crippen LogP contribution in [0.4, 0.5) is 0 Å². The van der Waals surface area contributed by atoms with Crippen LogP contribution in [0.2, 0.25) is 0 Å². The molecule has 0 aliphatic carbocycles. The Labute approximate surface area is 147 Å². The van der Waals surface area contributed by atoms with Crippen LogP contribution in [0.15, 0.2) is 48.5 Å². The molecule has 1 aromatic heterocycles. The third kappa shape index (κ3) is 4.59. The first-order valence-electron chi connectivity index (χ1n) is 8.55. The average Bonchev–Trinajstić information content (AvgIpc) is 3.03. The fourth-order valence-electron chi connectivity index (χ4n) is 2.59. The highest BCUT2D eigenvalue weighted by atomic mass is 16.5. The second kappa shape index (κ2) is 7.83. The number of para-hydroxylation sites is 2. The molecule has 25 heavy (non-hydrogen) atoms. The summed E-state index contributed by atoms with van der Waals surface area (Å²) in [5, 5.41) is 2.85. The fourth-order valence-corrected chi connectivity index (χ4v) is 2.59. The predicted molar refractivity (Wildman–Crippen MR) is 98.8 cm³/mol. The molecule has 3 rings (SSSR count). The molecule has 0 saturated carbocycles. The number of hydrogen-bond donors (Lipinski definition) is 2. The monoisotopic (exact) mass is 337 g/mol. The van der Waals surface area contributed by atoms with Crippen LogP contribution < -0.4 is 10.1 Å². The van der Waals surface area contributed by atoms with Gasteiger partial charge in [-0.25, -0.2) is 4.98 Å². The third-order valence-electron chi connectivity index (χ3n) is 4.04. The van der Waals surface area contributed by atoms with Crippen LogP contribution in [-0.4, -0.2) is 29.0 Å². The zero-order chi connectivity index (χ0) is 17.6.